The topological polar surface area (TPSA) is 42.0 Å². The zero-order valence-corrected chi connectivity index (χ0v) is 13.2. The molecule has 3 aromatic rings. The lowest BCUT2D eigenvalue weighted by Crippen LogP contribution is -2.12. The number of thiazole rings is 1. The van der Waals surface area contributed by atoms with Crippen LogP contribution in [-0.2, 0) is 4.79 Å². The summed E-state index contributed by atoms with van der Waals surface area (Å²) in [6.07, 6.45) is 0. The van der Waals surface area contributed by atoms with Gasteiger partial charge in [0, 0.05) is 22.2 Å². The van der Waals surface area contributed by atoms with Crippen molar-refractivity contribution in [3.05, 3.63) is 60.0 Å². The van der Waals surface area contributed by atoms with Crippen molar-refractivity contribution in [2.45, 2.75) is 0 Å². The molecule has 0 aliphatic heterocycles. The second-order valence-corrected chi connectivity index (χ2v) is 5.79. The highest BCUT2D eigenvalue weighted by molar-refractivity contribution is 7.13. The van der Waals surface area contributed by atoms with Crippen LogP contribution in [-0.4, -0.2) is 16.8 Å². The molecule has 0 bridgehead atoms. The number of halogens is 1. The van der Waals surface area contributed by atoms with Crippen LogP contribution in [0.4, 0.5) is 5.69 Å². The molecular formula is C17H13ClN2OS. The van der Waals surface area contributed by atoms with Crippen molar-refractivity contribution in [2.24, 2.45) is 0 Å². The summed E-state index contributed by atoms with van der Waals surface area (Å²) in [4.78, 5) is 15.9. The predicted molar refractivity (Wildman–Crippen MR) is 92.3 cm³/mol. The lowest BCUT2D eigenvalue weighted by molar-refractivity contribution is -0.113. The SMILES string of the molecule is O=C(CCl)Nc1ccc(-c2csc(-c3ccccc3)n2)cc1. The predicted octanol–water partition coefficient (Wildman–Crippen LogP) is 4.65. The number of nitrogens with one attached hydrogen (secondary N) is 1. The number of alkyl halides is 1. The normalized spacial score (nSPS) is 10.4. The Morgan fingerprint density at radius 3 is 2.45 bits per heavy atom. The van der Waals surface area contributed by atoms with Gasteiger partial charge in [0.05, 0.1) is 5.69 Å². The number of aromatic nitrogens is 1. The first kappa shape index (κ1) is 14.8. The van der Waals surface area contributed by atoms with Gasteiger partial charge in [-0.3, -0.25) is 4.79 Å². The Morgan fingerprint density at radius 1 is 1.05 bits per heavy atom. The van der Waals surface area contributed by atoms with Gasteiger partial charge in [-0.05, 0) is 12.1 Å². The molecule has 0 spiro atoms. The van der Waals surface area contributed by atoms with Crippen molar-refractivity contribution in [3.8, 4) is 21.8 Å². The Bertz CT molecular complexity index is 769. The number of hydrogen-bond acceptors (Lipinski definition) is 3. The zero-order chi connectivity index (χ0) is 15.4. The number of hydrogen-bond donors (Lipinski definition) is 1. The highest BCUT2D eigenvalue weighted by Crippen LogP contribution is 2.29. The quantitative estimate of drug-likeness (QED) is 0.708. The Labute approximate surface area is 137 Å². The number of rotatable bonds is 4. The number of amides is 1. The van der Waals surface area contributed by atoms with E-state index in [9.17, 15) is 4.79 Å². The summed E-state index contributed by atoms with van der Waals surface area (Å²) in [5.41, 5.74) is 3.79. The molecule has 0 aliphatic rings. The maximum Gasteiger partial charge on any atom is 0.239 e. The van der Waals surface area contributed by atoms with Gasteiger partial charge >= 0.3 is 0 Å². The van der Waals surface area contributed by atoms with Gasteiger partial charge in [-0.1, -0.05) is 42.5 Å². The van der Waals surface area contributed by atoms with Crippen molar-refractivity contribution >= 4 is 34.5 Å². The van der Waals surface area contributed by atoms with Crippen LogP contribution in [0.5, 0.6) is 0 Å². The summed E-state index contributed by atoms with van der Waals surface area (Å²) < 4.78 is 0. The molecular weight excluding hydrogens is 316 g/mol. The number of nitrogens with zero attached hydrogens (tertiary/aromatic N) is 1. The molecule has 2 aromatic carbocycles. The largest absolute Gasteiger partial charge is 0.325 e. The standard InChI is InChI=1S/C17H13ClN2OS/c18-10-16(21)19-14-8-6-12(7-9-14)15-11-22-17(20-15)13-4-2-1-3-5-13/h1-9,11H,10H2,(H,19,21). The minimum absolute atomic E-state index is 0.0473. The third-order valence-electron chi connectivity index (χ3n) is 3.11. The minimum Gasteiger partial charge on any atom is -0.325 e. The first-order valence-corrected chi connectivity index (χ1v) is 8.15. The van der Waals surface area contributed by atoms with E-state index in [1.807, 2.05) is 60.0 Å². The van der Waals surface area contributed by atoms with Crippen molar-refractivity contribution in [1.29, 1.82) is 0 Å². The number of carbonyl (C=O) groups is 1. The smallest absolute Gasteiger partial charge is 0.239 e. The average molecular weight is 329 g/mol. The third-order valence-corrected chi connectivity index (χ3v) is 4.24. The fourth-order valence-electron chi connectivity index (χ4n) is 2.04. The number of carbonyl (C=O) groups excluding carboxylic acids is 1. The minimum atomic E-state index is -0.213. The van der Waals surface area contributed by atoms with Gasteiger partial charge in [0.2, 0.25) is 5.91 Å². The van der Waals surface area contributed by atoms with Gasteiger partial charge < -0.3 is 5.32 Å². The molecule has 3 nitrogen and oxygen atoms in total. The van der Waals surface area contributed by atoms with Crippen LogP contribution in [0.15, 0.2) is 60.0 Å². The maximum atomic E-state index is 11.2. The summed E-state index contributed by atoms with van der Waals surface area (Å²) in [5, 5.41) is 5.74. The van der Waals surface area contributed by atoms with Crippen molar-refractivity contribution in [2.75, 3.05) is 11.2 Å². The van der Waals surface area contributed by atoms with Crippen molar-refractivity contribution in [3.63, 3.8) is 0 Å². The Balaban J connectivity index is 1.80. The summed E-state index contributed by atoms with van der Waals surface area (Å²) in [5.74, 6) is -0.261. The van der Waals surface area contributed by atoms with E-state index < -0.39 is 0 Å². The van der Waals surface area contributed by atoms with Crippen LogP contribution in [0.1, 0.15) is 0 Å². The Kier molecular flexibility index (Phi) is 4.51. The number of anilines is 1. The molecule has 1 N–H and O–H groups in total. The summed E-state index contributed by atoms with van der Waals surface area (Å²) in [6, 6.07) is 17.7. The van der Waals surface area contributed by atoms with Crippen LogP contribution < -0.4 is 5.32 Å². The zero-order valence-electron chi connectivity index (χ0n) is 11.6. The van der Waals surface area contributed by atoms with E-state index in [1.54, 1.807) is 11.3 Å². The van der Waals surface area contributed by atoms with E-state index in [1.165, 1.54) is 0 Å². The second kappa shape index (κ2) is 6.73. The van der Waals surface area contributed by atoms with Gasteiger partial charge in [-0.25, -0.2) is 4.98 Å². The molecule has 0 saturated carbocycles. The first-order chi connectivity index (χ1) is 10.8. The molecule has 3 rings (SSSR count). The van der Waals surface area contributed by atoms with E-state index in [0.29, 0.717) is 0 Å². The van der Waals surface area contributed by atoms with E-state index in [-0.39, 0.29) is 11.8 Å². The molecule has 0 fully saturated rings. The molecule has 0 atom stereocenters. The fourth-order valence-corrected chi connectivity index (χ4v) is 2.94. The van der Waals surface area contributed by atoms with E-state index in [2.05, 4.69) is 10.3 Å². The average Bonchev–Trinajstić information content (AvgIpc) is 3.06. The van der Waals surface area contributed by atoms with Crippen LogP contribution in [0.2, 0.25) is 0 Å². The molecule has 1 heterocycles. The van der Waals surface area contributed by atoms with Crippen molar-refractivity contribution in [1.82, 2.24) is 4.98 Å². The van der Waals surface area contributed by atoms with E-state index >= 15 is 0 Å². The molecule has 0 unspecified atom stereocenters. The van der Waals surface area contributed by atoms with Gasteiger partial charge in [-0.2, -0.15) is 0 Å². The highest BCUT2D eigenvalue weighted by Gasteiger charge is 2.07. The molecule has 110 valence electrons. The highest BCUT2D eigenvalue weighted by atomic mass is 35.5. The molecule has 5 heteroatoms. The summed E-state index contributed by atoms with van der Waals surface area (Å²) in [7, 11) is 0. The maximum absolute atomic E-state index is 11.2. The summed E-state index contributed by atoms with van der Waals surface area (Å²) >= 11 is 7.09. The van der Waals surface area contributed by atoms with Gasteiger partial charge in [0.1, 0.15) is 10.9 Å². The van der Waals surface area contributed by atoms with Gasteiger partial charge in [0.25, 0.3) is 0 Å². The lowest BCUT2D eigenvalue weighted by Gasteiger charge is -2.03. The van der Waals surface area contributed by atoms with Crippen LogP contribution in [0, 0.1) is 0 Å². The fraction of sp³-hybridized carbons (Fsp3) is 0.0588. The van der Waals surface area contributed by atoms with Crippen LogP contribution in [0.25, 0.3) is 21.8 Å². The van der Waals surface area contributed by atoms with E-state index in [4.69, 9.17) is 11.6 Å². The lowest BCUT2D eigenvalue weighted by atomic mass is 10.1. The Morgan fingerprint density at radius 2 is 1.77 bits per heavy atom. The van der Waals surface area contributed by atoms with E-state index in [0.717, 1.165) is 27.5 Å². The van der Waals surface area contributed by atoms with Crippen LogP contribution >= 0.6 is 22.9 Å². The monoisotopic (exact) mass is 328 g/mol. The van der Waals surface area contributed by atoms with Gasteiger partial charge in [-0.15, -0.1) is 22.9 Å². The number of benzene rings is 2. The molecule has 0 aliphatic carbocycles. The molecule has 22 heavy (non-hydrogen) atoms. The molecule has 1 aromatic heterocycles. The third kappa shape index (κ3) is 3.35. The molecule has 0 saturated heterocycles. The van der Waals surface area contributed by atoms with Gasteiger partial charge in [0.15, 0.2) is 0 Å². The van der Waals surface area contributed by atoms with Crippen LogP contribution in [0.3, 0.4) is 0 Å². The Hall–Kier alpha value is -2.17. The first-order valence-electron chi connectivity index (χ1n) is 6.73. The molecule has 1 amide bonds. The second-order valence-electron chi connectivity index (χ2n) is 4.66. The summed E-state index contributed by atoms with van der Waals surface area (Å²) in [6.45, 7) is 0. The van der Waals surface area contributed by atoms with Crippen molar-refractivity contribution < 1.29 is 4.79 Å². The molecule has 0 radical (unpaired) electrons.